The van der Waals surface area contributed by atoms with Gasteiger partial charge in [-0.3, -0.25) is 14.2 Å². The van der Waals surface area contributed by atoms with Crippen molar-refractivity contribution in [3.05, 3.63) is 98.2 Å². The van der Waals surface area contributed by atoms with Gasteiger partial charge in [-0.15, -0.1) is 0 Å². The van der Waals surface area contributed by atoms with Crippen molar-refractivity contribution in [2.75, 3.05) is 11.1 Å². The van der Waals surface area contributed by atoms with Crippen LogP contribution >= 0.6 is 46.6 Å². The van der Waals surface area contributed by atoms with Crippen LogP contribution < -0.4 is 16.0 Å². The quantitative estimate of drug-likeness (QED) is 0.139. The lowest BCUT2D eigenvalue weighted by Crippen LogP contribution is -2.23. The summed E-state index contributed by atoms with van der Waals surface area (Å²) in [4.78, 5) is 31.2. The van der Waals surface area contributed by atoms with Crippen molar-refractivity contribution in [3.63, 3.8) is 0 Å². The molecule has 1 heterocycles. The first-order valence-corrected chi connectivity index (χ1v) is 14.8. The van der Waals surface area contributed by atoms with Crippen molar-refractivity contribution >= 4 is 89.9 Å². The van der Waals surface area contributed by atoms with Gasteiger partial charge in [-0.05, 0) is 59.3 Å². The monoisotopic (exact) mass is 618 g/mol. The number of nitrogens with one attached hydrogen (secondary N) is 1. The van der Waals surface area contributed by atoms with Gasteiger partial charge in [-0.2, -0.15) is 0 Å². The summed E-state index contributed by atoms with van der Waals surface area (Å²) in [5, 5.41) is 10.9. The Hall–Kier alpha value is -3.12. The van der Waals surface area contributed by atoms with Gasteiger partial charge in [0.25, 0.3) is 5.56 Å². The van der Waals surface area contributed by atoms with Crippen LogP contribution in [0, 0.1) is 0 Å². The molecular formula is C26H17Cl3N4O4S2. The summed E-state index contributed by atoms with van der Waals surface area (Å²) >= 11 is 19.3. The molecule has 0 atom stereocenters. The molecule has 0 saturated carbocycles. The highest BCUT2D eigenvalue weighted by molar-refractivity contribution is 7.99. The Bertz CT molecular complexity index is 1920. The summed E-state index contributed by atoms with van der Waals surface area (Å²) in [5.41, 5.74) is 0.618. The van der Waals surface area contributed by atoms with Gasteiger partial charge in [0.15, 0.2) is 5.16 Å². The maximum atomic E-state index is 13.8. The molecule has 4 aromatic carbocycles. The van der Waals surface area contributed by atoms with E-state index in [0.29, 0.717) is 21.6 Å². The number of hydrogen-bond donors (Lipinski definition) is 2. The predicted molar refractivity (Wildman–Crippen MR) is 157 cm³/mol. The molecule has 0 unspecified atom stereocenters. The second kappa shape index (κ2) is 10.8. The average molecular weight is 620 g/mol. The Balaban J connectivity index is 1.57. The molecule has 8 nitrogen and oxygen atoms in total. The number of carbonyl (C=O) groups is 1. The Morgan fingerprint density at radius 3 is 2.18 bits per heavy atom. The molecule has 0 radical (unpaired) electrons. The van der Waals surface area contributed by atoms with Gasteiger partial charge in [0, 0.05) is 5.02 Å². The second-order valence-electron chi connectivity index (χ2n) is 8.37. The first-order chi connectivity index (χ1) is 18.5. The van der Waals surface area contributed by atoms with E-state index in [4.69, 9.17) is 44.9 Å². The van der Waals surface area contributed by atoms with E-state index in [1.54, 1.807) is 12.1 Å². The van der Waals surface area contributed by atoms with Gasteiger partial charge in [-0.25, -0.2) is 18.5 Å². The van der Waals surface area contributed by atoms with Crippen molar-refractivity contribution in [1.29, 1.82) is 0 Å². The molecule has 3 N–H and O–H groups in total. The summed E-state index contributed by atoms with van der Waals surface area (Å²) in [7, 11) is -3.93. The minimum atomic E-state index is -3.93. The van der Waals surface area contributed by atoms with Gasteiger partial charge < -0.3 is 5.32 Å². The average Bonchev–Trinajstić information content (AvgIpc) is 2.88. The van der Waals surface area contributed by atoms with Gasteiger partial charge >= 0.3 is 0 Å². The lowest BCUT2D eigenvalue weighted by molar-refractivity contribution is -0.113. The van der Waals surface area contributed by atoms with E-state index in [0.717, 1.165) is 22.5 Å². The van der Waals surface area contributed by atoms with E-state index in [-0.39, 0.29) is 37.1 Å². The summed E-state index contributed by atoms with van der Waals surface area (Å²) in [6.45, 7) is 0. The predicted octanol–water partition coefficient (Wildman–Crippen LogP) is 5.88. The lowest BCUT2D eigenvalue weighted by atomic mass is 10.1. The number of carbonyl (C=O) groups excluding carboxylic acids is 1. The SMILES string of the molecule is NS(=O)(=O)c1ccc(-n2c(SCC(=O)Nc3c(Cl)cc(Cl)cc3Cl)nc3cc4ccccc4cc3c2=O)cc1. The molecule has 1 amide bonds. The lowest BCUT2D eigenvalue weighted by Gasteiger charge is -2.14. The van der Waals surface area contributed by atoms with Crippen LogP contribution in [0.2, 0.25) is 15.1 Å². The molecule has 0 bridgehead atoms. The van der Waals surface area contributed by atoms with Crippen LogP contribution in [0.5, 0.6) is 0 Å². The largest absolute Gasteiger partial charge is 0.323 e. The Morgan fingerprint density at radius 1 is 0.949 bits per heavy atom. The van der Waals surface area contributed by atoms with Gasteiger partial charge in [0.05, 0.1) is 43.0 Å². The molecule has 0 spiro atoms. The van der Waals surface area contributed by atoms with Crippen LogP contribution in [0.4, 0.5) is 5.69 Å². The number of nitrogens with zero attached hydrogens (tertiary/aromatic N) is 2. The van der Waals surface area contributed by atoms with Crippen molar-refractivity contribution in [2.45, 2.75) is 10.1 Å². The zero-order chi connectivity index (χ0) is 27.9. The molecule has 39 heavy (non-hydrogen) atoms. The van der Waals surface area contributed by atoms with Crippen LogP contribution in [0.15, 0.2) is 87.6 Å². The first kappa shape index (κ1) is 27.4. The molecule has 5 rings (SSSR count). The number of anilines is 1. The fourth-order valence-electron chi connectivity index (χ4n) is 3.93. The van der Waals surface area contributed by atoms with Crippen LogP contribution in [-0.4, -0.2) is 29.6 Å². The molecule has 1 aromatic heterocycles. The number of hydrogen-bond acceptors (Lipinski definition) is 6. The summed E-state index contributed by atoms with van der Waals surface area (Å²) in [6, 6.07) is 19.5. The van der Waals surface area contributed by atoms with E-state index in [9.17, 15) is 18.0 Å². The van der Waals surface area contributed by atoms with E-state index < -0.39 is 15.9 Å². The molecule has 5 aromatic rings. The molecule has 0 fully saturated rings. The number of thioether (sulfide) groups is 1. The van der Waals surface area contributed by atoms with Gasteiger partial charge in [-0.1, -0.05) is 70.8 Å². The smallest absolute Gasteiger partial charge is 0.266 e. The van der Waals surface area contributed by atoms with E-state index in [1.165, 1.54) is 41.0 Å². The Labute approximate surface area is 241 Å². The highest BCUT2D eigenvalue weighted by Gasteiger charge is 2.18. The number of benzene rings is 4. The first-order valence-electron chi connectivity index (χ1n) is 11.2. The Kier molecular flexibility index (Phi) is 7.60. The summed E-state index contributed by atoms with van der Waals surface area (Å²) in [6.07, 6.45) is 0. The van der Waals surface area contributed by atoms with Crippen molar-refractivity contribution in [1.82, 2.24) is 9.55 Å². The van der Waals surface area contributed by atoms with Crippen LogP contribution in [0.3, 0.4) is 0 Å². The third-order valence-corrected chi connectivity index (χ3v) is 8.41. The minimum Gasteiger partial charge on any atom is -0.323 e. The van der Waals surface area contributed by atoms with Crippen molar-refractivity contribution in [3.8, 4) is 5.69 Å². The molecule has 0 saturated heterocycles. The molecule has 0 aliphatic carbocycles. The molecular weight excluding hydrogens is 603 g/mol. The normalized spacial score (nSPS) is 11.7. The zero-order valence-corrected chi connectivity index (χ0v) is 23.6. The molecule has 0 aliphatic rings. The number of sulfonamides is 1. The summed E-state index contributed by atoms with van der Waals surface area (Å²) < 4.78 is 24.8. The van der Waals surface area contributed by atoms with E-state index in [1.807, 2.05) is 24.3 Å². The number of nitrogens with two attached hydrogens (primary N) is 1. The highest BCUT2D eigenvalue weighted by Crippen LogP contribution is 2.34. The number of fused-ring (bicyclic) bond motifs is 2. The summed E-state index contributed by atoms with van der Waals surface area (Å²) in [5.74, 6) is -0.592. The number of primary sulfonamides is 1. The van der Waals surface area contributed by atoms with Gasteiger partial charge in [0.1, 0.15) is 0 Å². The number of aromatic nitrogens is 2. The van der Waals surface area contributed by atoms with E-state index in [2.05, 4.69) is 5.32 Å². The molecule has 0 aliphatic heterocycles. The fourth-order valence-corrected chi connectivity index (χ4v) is 6.17. The maximum absolute atomic E-state index is 13.8. The standard InChI is InChI=1S/C26H17Cl3N4O4S2/c27-16-11-20(28)24(21(29)12-16)32-23(34)13-38-26-31-22-10-15-4-2-1-3-14(15)9-19(22)25(35)33(26)17-5-7-18(8-6-17)39(30,36)37/h1-12H,13H2,(H,32,34)(H2,30,36,37). The topological polar surface area (TPSA) is 124 Å². The van der Waals surface area contributed by atoms with Crippen LogP contribution in [0.25, 0.3) is 27.4 Å². The molecule has 13 heteroatoms. The molecule has 198 valence electrons. The van der Waals surface area contributed by atoms with Crippen LogP contribution in [-0.2, 0) is 14.8 Å². The Morgan fingerprint density at radius 2 is 1.56 bits per heavy atom. The third kappa shape index (κ3) is 5.76. The number of amides is 1. The van der Waals surface area contributed by atoms with Crippen molar-refractivity contribution < 1.29 is 13.2 Å². The number of halogens is 3. The van der Waals surface area contributed by atoms with Crippen molar-refractivity contribution in [2.24, 2.45) is 5.14 Å². The number of rotatable bonds is 6. The minimum absolute atomic E-state index is 0.107. The second-order valence-corrected chi connectivity index (χ2v) is 12.1. The maximum Gasteiger partial charge on any atom is 0.266 e. The fraction of sp³-hybridized carbons (Fsp3) is 0.0385. The zero-order valence-electron chi connectivity index (χ0n) is 19.7. The van der Waals surface area contributed by atoms with Crippen LogP contribution in [0.1, 0.15) is 0 Å². The third-order valence-electron chi connectivity index (χ3n) is 5.73. The van der Waals surface area contributed by atoms with Gasteiger partial charge in [0.2, 0.25) is 15.9 Å². The highest BCUT2D eigenvalue weighted by atomic mass is 35.5. The van der Waals surface area contributed by atoms with E-state index >= 15 is 0 Å².